The van der Waals surface area contributed by atoms with Gasteiger partial charge in [0.2, 0.25) is 11.7 Å². The summed E-state index contributed by atoms with van der Waals surface area (Å²) in [5.74, 6) is 0.935. The average molecular weight is 254 g/mol. The van der Waals surface area contributed by atoms with Crippen LogP contribution in [-0.2, 0) is 6.42 Å². The van der Waals surface area contributed by atoms with Gasteiger partial charge in [-0.2, -0.15) is 4.98 Å². The van der Waals surface area contributed by atoms with E-state index in [0.717, 1.165) is 12.8 Å². The van der Waals surface area contributed by atoms with Crippen molar-refractivity contribution < 1.29 is 9.63 Å². The van der Waals surface area contributed by atoms with Gasteiger partial charge in [-0.3, -0.25) is 4.98 Å². The summed E-state index contributed by atoms with van der Waals surface area (Å²) in [5.41, 5.74) is 0.520. The number of nitrogens with zero attached hydrogens (tertiary/aromatic N) is 3. The van der Waals surface area contributed by atoms with Gasteiger partial charge in [0.15, 0.2) is 0 Å². The first-order chi connectivity index (χ1) is 8.31. The molecule has 6 heteroatoms. The van der Waals surface area contributed by atoms with E-state index in [0.29, 0.717) is 28.9 Å². The van der Waals surface area contributed by atoms with Crippen LogP contribution in [-0.4, -0.2) is 26.8 Å². The van der Waals surface area contributed by atoms with Crippen LogP contribution in [0.3, 0.4) is 0 Å². The van der Waals surface area contributed by atoms with Gasteiger partial charge >= 0.3 is 0 Å². The first kappa shape index (κ1) is 12.0. The number of aliphatic hydroxyl groups excluding tert-OH is 1. The van der Waals surface area contributed by atoms with Crippen LogP contribution in [0.5, 0.6) is 0 Å². The summed E-state index contributed by atoms with van der Waals surface area (Å²) >= 11 is 5.98. The van der Waals surface area contributed by atoms with Crippen molar-refractivity contribution in [3.05, 3.63) is 29.2 Å². The van der Waals surface area contributed by atoms with Gasteiger partial charge in [0.25, 0.3) is 0 Å². The number of aromatic nitrogens is 3. The summed E-state index contributed by atoms with van der Waals surface area (Å²) < 4.78 is 5.08. The Labute approximate surface area is 103 Å². The maximum Gasteiger partial charge on any atom is 0.227 e. The van der Waals surface area contributed by atoms with Crippen molar-refractivity contribution in [3.8, 4) is 11.5 Å². The van der Waals surface area contributed by atoms with E-state index in [1.807, 2.05) is 0 Å². The van der Waals surface area contributed by atoms with E-state index < -0.39 is 0 Å². The Morgan fingerprint density at radius 2 is 2.24 bits per heavy atom. The third-order valence-electron chi connectivity index (χ3n) is 2.24. The van der Waals surface area contributed by atoms with Crippen LogP contribution in [0.4, 0.5) is 0 Å². The molecular weight excluding hydrogens is 242 g/mol. The van der Waals surface area contributed by atoms with Crippen molar-refractivity contribution >= 4 is 11.6 Å². The summed E-state index contributed by atoms with van der Waals surface area (Å²) in [7, 11) is 0. The third kappa shape index (κ3) is 3.01. The lowest BCUT2D eigenvalue weighted by molar-refractivity contribution is 0.281. The number of hydrogen-bond donors (Lipinski definition) is 1. The van der Waals surface area contributed by atoms with E-state index in [9.17, 15) is 0 Å². The van der Waals surface area contributed by atoms with Crippen LogP contribution in [0.15, 0.2) is 22.9 Å². The zero-order chi connectivity index (χ0) is 12.1. The minimum absolute atomic E-state index is 0.174. The quantitative estimate of drug-likeness (QED) is 0.826. The molecule has 0 radical (unpaired) electrons. The van der Waals surface area contributed by atoms with E-state index in [4.69, 9.17) is 21.2 Å². The van der Waals surface area contributed by atoms with E-state index >= 15 is 0 Å². The summed E-state index contributed by atoms with van der Waals surface area (Å²) in [6, 6.07) is 3.47. The van der Waals surface area contributed by atoms with Gasteiger partial charge in [0.05, 0.1) is 5.02 Å². The lowest BCUT2D eigenvalue weighted by atomic mass is 10.2. The van der Waals surface area contributed by atoms with Crippen LogP contribution in [0.1, 0.15) is 18.7 Å². The zero-order valence-electron chi connectivity index (χ0n) is 9.14. The van der Waals surface area contributed by atoms with Gasteiger partial charge < -0.3 is 9.63 Å². The smallest absolute Gasteiger partial charge is 0.227 e. The summed E-state index contributed by atoms with van der Waals surface area (Å²) in [5, 5.41) is 13.0. The zero-order valence-corrected chi connectivity index (χ0v) is 9.89. The number of pyridine rings is 1. The van der Waals surface area contributed by atoms with Crippen LogP contribution in [0.25, 0.3) is 11.5 Å². The summed E-state index contributed by atoms with van der Waals surface area (Å²) in [6.07, 6.45) is 3.82. The first-order valence-electron chi connectivity index (χ1n) is 5.35. The van der Waals surface area contributed by atoms with Crippen LogP contribution >= 0.6 is 11.6 Å². The molecule has 90 valence electrons. The molecule has 0 aliphatic rings. The molecule has 0 unspecified atom stereocenters. The molecule has 1 N–H and O–H groups in total. The van der Waals surface area contributed by atoms with Crippen LogP contribution in [0, 0.1) is 0 Å². The highest BCUT2D eigenvalue weighted by Crippen LogP contribution is 2.22. The molecule has 2 heterocycles. The molecule has 0 aliphatic carbocycles. The molecular formula is C11H12ClN3O2. The Morgan fingerprint density at radius 1 is 1.35 bits per heavy atom. The van der Waals surface area contributed by atoms with E-state index in [-0.39, 0.29) is 6.61 Å². The number of aryl methyl sites for hydroxylation is 1. The van der Waals surface area contributed by atoms with Crippen LogP contribution in [0.2, 0.25) is 5.02 Å². The molecule has 0 aliphatic heterocycles. The van der Waals surface area contributed by atoms with Crippen molar-refractivity contribution in [3.63, 3.8) is 0 Å². The summed E-state index contributed by atoms with van der Waals surface area (Å²) in [6.45, 7) is 0.174. The molecule has 2 aromatic heterocycles. The van der Waals surface area contributed by atoms with E-state index in [2.05, 4.69) is 15.1 Å². The second-order valence-electron chi connectivity index (χ2n) is 3.53. The lowest BCUT2D eigenvalue weighted by Gasteiger charge is -1.95. The highest BCUT2D eigenvalue weighted by molar-refractivity contribution is 6.32. The Bertz CT molecular complexity index is 487. The SMILES string of the molecule is OCCCCc1nc(-c2ncccc2Cl)no1. The topological polar surface area (TPSA) is 72.0 Å². The highest BCUT2D eigenvalue weighted by Gasteiger charge is 2.12. The summed E-state index contributed by atoms with van der Waals surface area (Å²) in [4.78, 5) is 8.31. The van der Waals surface area contributed by atoms with Crippen LogP contribution < -0.4 is 0 Å². The molecule has 0 bridgehead atoms. The maximum absolute atomic E-state index is 8.67. The van der Waals surface area contributed by atoms with Crippen molar-refractivity contribution in [1.29, 1.82) is 0 Å². The predicted molar refractivity (Wildman–Crippen MR) is 62.6 cm³/mol. The number of aliphatic hydroxyl groups is 1. The molecule has 0 aromatic carbocycles. The fourth-order valence-electron chi connectivity index (χ4n) is 1.39. The largest absolute Gasteiger partial charge is 0.396 e. The van der Waals surface area contributed by atoms with Crippen molar-refractivity contribution in [1.82, 2.24) is 15.1 Å². The molecule has 0 saturated carbocycles. The van der Waals surface area contributed by atoms with Crippen molar-refractivity contribution in [2.24, 2.45) is 0 Å². The molecule has 0 atom stereocenters. The Hall–Kier alpha value is -1.46. The normalized spacial score (nSPS) is 10.7. The minimum Gasteiger partial charge on any atom is -0.396 e. The molecule has 0 spiro atoms. The number of halogens is 1. The highest BCUT2D eigenvalue weighted by atomic mass is 35.5. The lowest BCUT2D eigenvalue weighted by Crippen LogP contribution is -1.90. The Morgan fingerprint density at radius 3 is 3.00 bits per heavy atom. The van der Waals surface area contributed by atoms with Crippen molar-refractivity contribution in [2.45, 2.75) is 19.3 Å². The molecule has 0 amide bonds. The third-order valence-corrected chi connectivity index (χ3v) is 2.54. The van der Waals surface area contributed by atoms with Gasteiger partial charge in [0.1, 0.15) is 5.69 Å². The minimum atomic E-state index is 0.174. The van der Waals surface area contributed by atoms with Gasteiger partial charge in [-0.1, -0.05) is 16.8 Å². The van der Waals surface area contributed by atoms with E-state index in [1.54, 1.807) is 18.3 Å². The second-order valence-corrected chi connectivity index (χ2v) is 3.93. The molecule has 0 saturated heterocycles. The van der Waals surface area contributed by atoms with Crippen molar-refractivity contribution in [2.75, 3.05) is 6.61 Å². The molecule has 5 nitrogen and oxygen atoms in total. The number of rotatable bonds is 5. The van der Waals surface area contributed by atoms with Gasteiger partial charge in [-0.15, -0.1) is 0 Å². The molecule has 2 rings (SSSR count). The second kappa shape index (κ2) is 5.75. The van der Waals surface area contributed by atoms with Gasteiger partial charge in [-0.25, -0.2) is 0 Å². The monoisotopic (exact) mass is 253 g/mol. The fraction of sp³-hybridized carbons (Fsp3) is 0.364. The molecule has 17 heavy (non-hydrogen) atoms. The first-order valence-corrected chi connectivity index (χ1v) is 5.73. The molecule has 0 fully saturated rings. The number of unbranched alkanes of at least 4 members (excludes halogenated alkanes) is 1. The Kier molecular flexibility index (Phi) is 4.06. The van der Waals surface area contributed by atoms with E-state index in [1.165, 1.54) is 0 Å². The predicted octanol–water partition coefficient (Wildman–Crippen LogP) is 2.10. The van der Waals surface area contributed by atoms with Gasteiger partial charge in [-0.05, 0) is 25.0 Å². The van der Waals surface area contributed by atoms with Gasteiger partial charge in [0, 0.05) is 19.2 Å². The maximum atomic E-state index is 8.67. The standard InChI is InChI=1S/C11H12ClN3O2/c12-8-4-3-6-13-10(8)11-14-9(17-15-11)5-1-2-7-16/h3-4,6,16H,1-2,5,7H2. The average Bonchev–Trinajstić information content (AvgIpc) is 2.79. The Balaban J connectivity index is 2.10. The number of hydrogen-bond acceptors (Lipinski definition) is 5. The fourth-order valence-corrected chi connectivity index (χ4v) is 1.60. The molecule has 2 aromatic rings.